The van der Waals surface area contributed by atoms with Crippen molar-refractivity contribution in [3.8, 4) is 5.69 Å². The molecule has 24 heavy (non-hydrogen) atoms. The standard InChI is InChI=1S/C20H23N3S/c1-15(21-13-17-9-11-19(24-3)12-10-17)20-14-22-23(16(20)2)18-7-5-4-6-8-18/h4-12,14-15,21H,13H2,1-3H3/t15-/m1/s1. The smallest absolute Gasteiger partial charge is 0.0648 e. The van der Waals surface area contributed by atoms with Crippen molar-refractivity contribution in [2.75, 3.05) is 6.26 Å². The van der Waals surface area contributed by atoms with E-state index in [9.17, 15) is 0 Å². The van der Waals surface area contributed by atoms with Gasteiger partial charge in [0.15, 0.2) is 0 Å². The summed E-state index contributed by atoms with van der Waals surface area (Å²) in [4.78, 5) is 1.30. The summed E-state index contributed by atoms with van der Waals surface area (Å²) in [6, 6.07) is 19.2. The Balaban J connectivity index is 1.69. The lowest BCUT2D eigenvalue weighted by Crippen LogP contribution is -2.18. The number of nitrogens with one attached hydrogen (secondary N) is 1. The first kappa shape index (κ1) is 16.8. The van der Waals surface area contributed by atoms with Crippen molar-refractivity contribution in [1.29, 1.82) is 0 Å². The summed E-state index contributed by atoms with van der Waals surface area (Å²) in [7, 11) is 0. The monoisotopic (exact) mass is 337 g/mol. The minimum atomic E-state index is 0.252. The zero-order valence-corrected chi connectivity index (χ0v) is 15.2. The van der Waals surface area contributed by atoms with E-state index in [0.29, 0.717) is 0 Å². The molecule has 0 saturated carbocycles. The van der Waals surface area contributed by atoms with Crippen LogP contribution >= 0.6 is 11.8 Å². The maximum atomic E-state index is 4.56. The van der Waals surface area contributed by atoms with E-state index in [0.717, 1.165) is 12.2 Å². The van der Waals surface area contributed by atoms with Gasteiger partial charge < -0.3 is 5.32 Å². The zero-order chi connectivity index (χ0) is 16.9. The summed E-state index contributed by atoms with van der Waals surface area (Å²) in [5, 5.41) is 8.16. The molecule has 0 aliphatic heterocycles. The van der Waals surface area contributed by atoms with Gasteiger partial charge in [-0.15, -0.1) is 11.8 Å². The number of para-hydroxylation sites is 1. The largest absolute Gasteiger partial charge is 0.306 e. The molecule has 0 unspecified atom stereocenters. The van der Waals surface area contributed by atoms with Crippen molar-refractivity contribution >= 4 is 11.8 Å². The molecule has 0 amide bonds. The third-order valence-corrected chi connectivity index (χ3v) is 5.03. The zero-order valence-electron chi connectivity index (χ0n) is 14.4. The Bertz CT molecular complexity index is 778. The molecule has 0 fully saturated rings. The van der Waals surface area contributed by atoms with Gasteiger partial charge in [0.05, 0.1) is 11.9 Å². The molecule has 3 rings (SSSR count). The normalized spacial score (nSPS) is 12.3. The minimum absolute atomic E-state index is 0.252. The molecule has 0 bridgehead atoms. The molecule has 1 aromatic heterocycles. The third-order valence-electron chi connectivity index (χ3n) is 4.29. The Hall–Kier alpha value is -2.04. The number of rotatable bonds is 6. The predicted octanol–water partition coefficient (Wildman–Crippen LogP) is 4.75. The molecule has 0 saturated heterocycles. The fraction of sp³-hybridized carbons (Fsp3) is 0.250. The maximum Gasteiger partial charge on any atom is 0.0648 e. The SMILES string of the molecule is CSc1ccc(CN[C@H](C)c2cnn(-c3ccccc3)c2C)cc1. The Morgan fingerprint density at radius 2 is 1.79 bits per heavy atom. The molecule has 124 valence electrons. The Kier molecular flexibility index (Phi) is 5.38. The van der Waals surface area contributed by atoms with E-state index in [1.807, 2.05) is 29.1 Å². The molecule has 0 aliphatic rings. The predicted molar refractivity (Wildman–Crippen MR) is 102 cm³/mol. The highest BCUT2D eigenvalue weighted by atomic mass is 32.2. The van der Waals surface area contributed by atoms with Gasteiger partial charge in [0, 0.05) is 28.7 Å². The van der Waals surface area contributed by atoms with Crippen LogP contribution in [0.15, 0.2) is 65.7 Å². The average Bonchev–Trinajstić information content (AvgIpc) is 3.02. The van der Waals surface area contributed by atoms with Crippen LogP contribution in [0, 0.1) is 6.92 Å². The number of aromatic nitrogens is 2. The van der Waals surface area contributed by atoms with Crippen molar-refractivity contribution < 1.29 is 0 Å². The first-order valence-electron chi connectivity index (χ1n) is 8.15. The second-order valence-corrected chi connectivity index (χ2v) is 6.76. The van der Waals surface area contributed by atoms with Crippen LogP contribution < -0.4 is 5.32 Å². The van der Waals surface area contributed by atoms with E-state index in [2.05, 4.69) is 66.9 Å². The summed E-state index contributed by atoms with van der Waals surface area (Å²) in [5.41, 5.74) is 4.81. The number of hydrogen-bond acceptors (Lipinski definition) is 3. The average molecular weight is 337 g/mol. The third kappa shape index (κ3) is 3.71. The van der Waals surface area contributed by atoms with Crippen molar-refractivity contribution in [2.24, 2.45) is 0 Å². The van der Waals surface area contributed by atoms with Gasteiger partial charge in [0.2, 0.25) is 0 Å². The van der Waals surface area contributed by atoms with E-state index >= 15 is 0 Å². The number of hydrogen-bond donors (Lipinski definition) is 1. The molecule has 1 atom stereocenters. The molecular weight excluding hydrogens is 314 g/mol. The molecule has 0 radical (unpaired) electrons. The van der Waals surface area contributed by atoms with Crippen molar-refractivity contribution in [1.82, 2.24) is 15.1 Å². The Morgan fingerprint density at radius 1 is 1.08 bits per heavy atom. The first-order chi connectivity index (χ1) is 11.7. The van der Waals surface area contributed by atoms with E-state index < -0.39 is 0 Å². The van der Waals surface area contributed by atoms with Gasteiger partial charge in [-0.25, -0.2) is 4.68 Å². The van der Waals surface area contributed by atoms with Crippen molar-refractivity contribution in [3.05, 3.63) is 77.6 Å². The van der Waals surface area contributed by atoms with E-state index in [1.54, 1.807) is 11.8 Å². The molecule has 3 nitrogen and oxygen atoms in total. The van der Waals surface area contributed by atoms with Crippen LogP contribution in [0.1, 0.15) is 29.8 Å². The number of nitrogens with zero attached hydrogens (tertiary/aromatic N) is 2. The van der Waals surface area contributed by atoms with Gasteiger partial charge in [-0.3, -0.25) is 0 Å². The van der Waals surface area contributed by atoms with Gasteiger partial charge in [-0.2, -0.15) is 5.10 Å². The molecule has 0 aliphatic carbocycles. The van der Waals surface area contributed by atoms with Crippen LogP contribution in [0.3, 0.4) is 0 Å². The Labute approximate surface area is 148 Å². The quantitative estimate of drug-likeness (QED) is 0.658. The van der Waals surface area contributed by atoms with Crippen LogP contribution in [-0.2, 0) is 6.54 Å². The van der Waals surface area contributed by atoms with Crippen molar-refractivity contribution in [3.63, 3.8) is 0 Å². The van der Waals surface area contributed by atoms with Crippen LogP contribution in [0.5, 0.6) is 0 Å². The minimum Gasteiger partial charge on any atom is -0.306 e. The second-order valence-electron chi connectivity index (χ2n) is 5.88. The Morgan fingerprint density at radius 3 is 2.46 bits per heavy atom. The molecule has 1 heterocycles. The van der Waals surface area contributed by atoms with Gasteiger partial charge in [-0.1, -0.05) is 30.3 Å². The fourth-order valence-corrected chi connectivity index (χ4v) is 3.21. The number of thioether (sulfide) groups is 1. The van der Waals surface area contributed by atoms with Crippen LogP contribution in [-0.4, -0.2) is 16.0 Å². The lowest BCUT2D eigenvalue weighted by atomic mass is 10.1. The number of benzene rings is 2. The maximum absolute atomic E-state index is 4.56. The molecule has 1 N–H and O–H groups in total. The summed E-state index contributed by atoms with van der Waals surface area (Å²) in [5.74, 6) is 0. The van der Waals surface area contributed by atoms with Crippen LogP contribution in [0.2, 0.25) is 0 Å². The van der Waals surface area contributed by atoms with Gasteiger partial charge in [-0.05, 0) is 49.9 Å². The van der Waals surface area contributed by atoms with E-state index in [1.165, 1.54) is 21.7 Å². The van der Waals surface area contributed by atoms with Crippen LogP contribution in [0.25, 0.3) is 5.69 Å². The van der Waals surface area contributed by atoms with E-state index in [-0.39, 0.29) is 6.04 Å². The summed E-state index contributed by atoms with van der Waals surface area (Å²) in [6.07, 6.45) is 4.07. The molecular formula is C20H23N3S. The lowest BCUT2D eigenvalue weighted by molar-refractivity contribution is 0.571. The molecule has 3 aromatic rings. The summed E-state index contributed by atoms with van der Waals surface area (Å²) in [6.45, 7) is 5.17. The summed E-state index contributed by atoms with van der Waals surface area (Å²) < 4.78 is 2.00. The van der Waals surface area contributed by atoms with Gasteiger partial charge in [0.1, 0.15) is 0 Å². The summed E-state index contributed by atoms with van der Waals surface area (Å²) >= 11 is 1.77. The van der Waals surface area contributed by atoms with E-state index in [4.69, 9.17) is 0 Å². The van der Waals surface area contributed by atoms with Crippen molar-refractivity contribution in [2.45, 2.75) is 31.3 Å². The second kappa shape index (κ2) is 7.69. The van der Waals surface area contributed by atoms with Gasteiger partial charge in [0.25, 0.3) is 0 Å². The highest BCUT2D eigenvalue weighted by Gasteiger charge is 2.13. The lowest BCUT2D eigenvalue weighted by Gasteiger charge is -2.14. The molecule has 2 aromatic carbocycles. The fourth-order valence-electron chi connectivity index (χ4n) is 2.80. The molecule has 4 heteroatoms. The highest BCUT2D eigenvalue weighted by molar-refractivity contribution is 7.98. The van der Waals surface area contributed by atoms with Crippen LogP contribution in [0.4, 0.5) is 0 Å². The first-order valence-corrected chi connectivity index (χ1v) is 9.38. The molecule has 0 spiro atoms. The highest BCUT2D eigenvalue weighted by Crippen LogP contribution is 2.21. The van der Waals surface area contributed by atoms with Gasteiger partial charge >= 0.3 is 0 Å². The topological polar surface area (TPSA) is 29.9 Å².